The second kappa shape index (κ2) is 12.4. The maximum atomic E-state index is 2.55. The van der Waals surface area contributed by atoms with Gasteiger partial charge in [-0.2, -0.15) is 0 Å². The lowest BCUT2D eigenvalue weighted by molar-refractivity contribution is 0.403. The molecule has 0 spiro atoms. The molecule has 0 unspecified atom stereocenters. The van der Waals surface area contributed by atoms with Crippen LogP contribution in [0.2, 0.25) is 0 Å². The van der Waals surface area contributed by atoms with Gasteiger partial charge in [0.25, 0.3) is 0 Å². The van der Waals surface area contributed by atoms with Gasteiger partial charge in [-0.3, -0.25) is 0 Å². The predicted molar refractivity (Wildman–Crippen MR) is 242 cm³/mol. The molecule has 11 rings (SSSR count). The van der Waals surface area contributed by atoms with Crippen molar-refractivity contribution in [3.63, 3.8) is 0 Å². The summed E-state index contributed by atoms with van der Waals surface area (Å²) in [4.78, 5) is 0. The molecule has 1 aliphatic rings. The number of fused-ring (bicyclic) bond motifs is 7. The fourth-order valence-corrected chi connectivity index (χ4v) is 10.4. The van der Waals surface area contributed by atoms with E-state index in [1.165, 1.54) is 93.8 Å². The molecule has 2 aromatic heterocycles. The number of aromatic nitrogens is 2. The minimum atomic E-state index is 0.0553. The Labute approximate surface area is 334 Å². The number of para-hydroxylation sites is 1. The Morgan fingerprint density at radius 1 is 0.351 bits per heavy atom. The predicted octanol–water partition coefficient (Wildman–Crippen LogP) is 14.8. The Bertz CT molecular complexity index is 3190. The van der Waals surface area contributed by atoms with Gasteiger partial charge in [0, 0.05) is 27.2 Å². The Kier molecular flexibility index (Phi) is 7.35. The number of benzene rings is 8. The van der Waals surface area contributed by atoms with Gasteiger partial charge in [0.15, 0.2) is 0 Å². The fraction of sp³-hybridized carbons (Fsp3) is 0.127. The summed E-state index contributed by atoms with van der Waals surface area (Å²) in [6.45, 7) is 9.67. The smallest absolute Gasteiger partial charge is 0.0541 e. The van der Waals surface area contributed by atoms with Crippen LogP contribution in [0.25, 0.3) is 88.4 Å². The monoisotopic (exact) mass is 732 g/mol. The highest BCUT2D eigenvalue weighted by Crippen LogP contribution is 2.52. The van der Waals surface area contributed by atoms with Crippen LogP contribution in [0.1, 0.15) is 45.2 Å². The minimum absolute atomic E-state index is 0.0553. The first-order chi connectivity index (χ1) is 27.7. The van der Waals surface area contributed by atoms with E-state index < -0.39 is 0 Å². The van der Waals surface area contributed by atoms with Crippen LogP contribution in [-0.2, 0) is 10.8 Å². The quantitative estimate of drug-likeness (QED) is 0.167. The van der Waals surface area contributed by atoms with E-state index in [1.54, 1.807) is 0 Å². The fourth-order valence-electron chi connectivity index (χ4n) is 10.4. The number of nitrogens with zero attached hydrogens (tertiary/aromatic N) is 2. The highest BCUT2D eigenvalue weighted by molar-refractivity contribution is 6.13. The van der Waals surface area contributed by atoms with Crippen molar-refractivity contribution in [1.82, 2.24) is 9.13 Å². The largest absolute Gasteiger partial charge is 0.309 e. The Hall–Kier alpha value is -6.64. The SMILES string of the molecule is CC1(C)CC(C)(C)c2c(-n3c4ccc(-c5ccccc5)cc4c4cc(-c5ccc6c(c5)c5ccccc5n6-c5cccc(-c6ccccc6)c5)ccc43)cccc21. The maximum Gasteiger partial charge on any atom is 0.0541 e. The highest BCUT2D eigenvalue weighted by Gasteiger charge is 2.43. The molecule has 2 nitrogen and oxygen atoms in total. The third kappa shape index (κ3) is 5.24. The molecule has 0 saturated heterocycles. The summed E-state index contributed by atoms with van der Waals surface area (Å²) >= 11 is 0. The molecular formula is C55H44N2. The summed E-state index contributed by atoms with van der Waals surface area (Å²) in [7, 11) is 0. The summed E-state index contributed by atoms with van der Waals surface area (Å²) < 4.78 is 4.97. The number of rotatable bonds is 5. The lowest BCUT2D eigenvalue weighted by Crippen LogP contribution is -2.18. The number of hydrogen-bond donors (Lipinski definition) is 0. The standard InChI is InChI=1S/C55H44N2/c1-54(2)35-55(3,4)53-47(54)22-14-24-52(53)57-50-29-25-39(37-17-9-6-10-18-37)32-45(50)46-34-41(27-30-51(46)57)40-26-28-49-44(33-40)43-21-11-12-23-48(43)56(49)42-20-13-19-38(31-42)36-15-7-5-8-16-36/h5-34H,35H2,1-4H3. The van der Waals surface area contributed by atoms with Crippen molar-refractivity contribution in [2.24, 2.45) is 0 Å². The van der Waals surface area contributed by atoms with E-state index in [2.05, 4.69) is 219 Å². The second-order valence-electron chi connectivity index (χ2n) is 17.3. The average molecular weight is 733 g/mol. The van der Waals surface area contributed by atoms with Crippen LogP contribution < -0.4 is 0 Å². The maximum absolute atomic E-state index is 2.55. The molecule has 0 amide bonds. The van der Waals surface area contributed by atoms with Gasteiger partial charge in [0.05, 0.1) is 27.8 Å². The van der Waals surface area contributed by atoms with Gasteiger partial charge in [-0.25, -0.2) is 0 Å². The van der Waals surface area contributed by atoms with E-state index in [1.807, 2.05) is 0 Å². The zero-order valence-corrected chi connectivity index (χ0v) is 32.9. The molecule has 8 aromatic carbocycles. The molecule has 0 radical (unpaired) electrons. The van der Waals surface area contributed by atoms with E-state index in [0.29, 0.717) is 0 Å². The van der Waals surface area contributed by atoms with Gasteiger partial charge in [0.1, 0.15) is 0 Å². The Morgan fingerprint density at radius 2 is 0.825 bits per heavy atom. The topological polar surface area (TPSA) is 9.86 Å². The second-order valence-corrected chi connectivity index (χ2v) is 17.3. The minimum Gasteiger partial charge on any atom is -0.309 e. The van der Waals surface area contributed by atoms with Crippen molar-refractivity contribution < 1.29 is 0 Å². The van der Waals surface area contributed by atoms with Crippen LogP contribution in [0.4, 0.5) is 0 Å². The first-order valence-electron chi connectivity index (χ1n) is 20.2. The van der Waals surface area contributed by atoms with Crippen LogP contribution in [0.15, 0.2) is 182 Å². The number of hydrogen-bond acceptors (Lipinski definition) is 0. The van der Waals surface area contributed by atoms with Gasteiger partial charge in [-0.1, -0.05) is 149 Å². The lowest BCUT2D eigenvalue weighted by atomic mass is 9.81. The van der Waals surface area contributed by atoms with Crippen LogP contribution in [0.3, 0.4) is 0 Å². The third-order valence-electron chi connectivity index (χ3n) is 12.7. The first kappa shape index (κ1) is 33.7. The molecule has 0 bridgehead atoms. The van der Waals surface area contributed by atoms with Crippen molar-refractivity contribution in [2.75, 3.05) is 0 Å². The van der Waals surface area contributed by atoms with Crippen molar-refractivity contribution >= 4 is 43.6 Å². The molecule has 0 atom stereocenters. The van der Waals surface area contributed by atoms with Crippen LogP contribution in [0, 0.1) is 0 Å². The van der Waals surface area contributed by atoms with Gasteiger partial charge < -0.3 is 9.13 Å². The van der Waals surface area contributed by atoms with Gasteiger partial charge in [-0.15, -0.1) is 0 Å². The van der Waals surface area contributed by atoms with Crippen molar-refractivity contribution in [3.8, 4) is 44.8 Å². The molecule has 0 aliphatic heterocycles. The van der Waals surface area contributed by atoms with Gasteiger partial charge in [0.2, 0.25) is 0 Å². The van der Waals surface area contributed by atoms with Crippen molar-refractivity contribution in [1.29, 1.82) is 0 Å². The molecule has 1 aliphatic carbocycles. The summed E-state index contributed by atoms with van der Waals surface area (Å²) in [5.74, 6) is 0. The molecular weight excluding hydrogens is 689 g/mol. The molecule has 274 valence electrons. The molecule has 10 aromatic rings. The van der Waals surface area contributed by atoms with Crippen molar-refractivity contribution in [2.45, 2.75) is 44.9 Å². The first-order valence-corrected chi connectivity index (χ1v) is 20.2. The summed E-state index contributed by atoms with van der Waals surface area (Å²) in [5.41, 5.74) is 17.8. The average Bonchev–Trinajstić information content (AvgIpc) is 3.82. The van der Waals surface area contributed by atoms with E-state index in [-0.39, 0.29) is 10.8 Å². The van der Waals surface area contributed by atoms with Crippen molar-refractivity contribution in [3.05, 3.63) is 193 Å². The zero-order valence-electron chi connectivity index (χ0n) is 32.9. The van der Waals surface area contributed by atoms with E-state index in [0.717, 1.165) is 12.1 Å². The molecule has 2 heteroatoms. The Balaban J connectivity index is 1.12. The molecule has 2 heterocycles. The van der Waals surface area contributed by atoms with Gasteiger partial charge >= 0.3 is 0 Å². The van der Waals surface area contributed by atoms with E-state index in [9.17, 15) is 0 Å². The zero-order chi connectivity index (χ0) is 38.5. The lowest BCUT2D eigenvalue weighted by Gasteiger charge is -2.24. The summed E-state index contributed by atoms with van der Waals surface area (Å²) in [6, 6.07) is 67.4. The Morgan fingerprint density at radius 3 is 1.46 bits per heavy atom. The molecule has 0 saturated carbocycles. The summed E-state index contributed by atoms with van der Waals surface area (Å²) in [5, 5.41) is 5.06. The molecule has 0 fully saturated rings. The highest BCUT2D eigenvalue weighted by atomic mass is 15.0. The van der Waals surface area contributed by atoms with E-state index in [4.69, 9.17) is 0 Å². The normalized spacial score (nSPS) is 14.5. The van der Waals surface area contributed by atoms with E-state index >= 15 is 0 Å². The summed E-state index contributed by atoms with van der Waals surface area (Å²) in [6.07, 6.45) is 1.13. The molecule has 0 N–H and O–H groups in total. The molecule has 57 heavy (non-hydrogen) atoms. The van der Waals surface area contributed by atoms with Crippen LogP contribution >= 0.6 is 0 Å². The van der Waals surface area contributed by atoms with Gasteiger partial charge in [-0.05, 0) is 122 Å². The van der Waals surface area contributed by atoms with Crippen LogP contribution in [-0.4, -0.2) is 9.13 Å². The third-order valence-corrected chi connectivity index (χ3v) is 12.7. The van der Waals surface area contributed by atoms with Crippen LogP contribution in [0.5, 0.6) is 0 Å².